The third-order valence-electron chi connectivity index (χ3n) is 8.37. The largest absolute Gasteiger partial charge is 0.384 e. The molecule has 6 rings (SSSR count). The van der Waals surface area contributed by atoms with Gasteiger partial charge in [0.15, 0.2) is 5.82 Å². The van der Waals surface area contributed by atoms with Crippen molar-refractivity contribution in [3.63, 3.8) is 0 Å². The number of H-pyrrole nitrogens is 1. The molecule has 43 heavy (non-hydrogen) atoms. The number of benzene rings is 3. The predicted molar refractivity (Wildman–Crippen MR) is 163 cm³/mol. The summed E-state index contributed by atoms with van der Waals surface area (Å²) in [6, 6.07) is 13.8. The number of aromatic nitrogens is 2. The Morgan fingerprint density at radius 1 is 1.02 bits per heavy atom. The molecule has 1 aromatic heterocycles. The fraction of sp³-hybridized carbons (Fsp3) is 0.375. The zero-order chi connectivity index (χ0) is 29.9. The van der Waals surface area contributed by atoms with E-state index >= 15 is 0 Å². The molecule has 0 spiro atoms. The molecule has 2 saturated heterocycles. The van der Waals surface area contributed by atoms with Gasteiger partial charge in [-0.15, -0.1) is 0 Å². The lowest BCUT2D eigenvalue weighted by Gasteiger charge is -2.34. The van der Waals surface area contributed by atoms with Crippen LogP contribution in [0.2, 0.25) is 0 Å². The number of halogens is 2. The fourth-order valence-corrected chi connectivity index (χ4v) is 5.74. The van der Waals surface area contributed by atoms with E-state index in [-0.39, 0.29) is 17.3 Å². The van der Waals surface area contributed by atoms with Gasteiger partial charge >= 0.3 is 0 Å². The minimum absolute atomic E-state index is 0.0895. The normalized spacial score (nSPS) is 17.3. The number of aliphatic hydroxyl groups is 1. The maximum Gasteiger partial charge on any atom is 0.258 e. The number of aliphatic hydroxyl groups excluding tert-OH is 1. The number of aromatic amines is 1. The summed E-state index contributed by atoms with van der Waals surface area (Å²) in [4.78, 5) is 18.3. The zero-order valence-corrected chi connectivity index (χ0v) is 24.1. The van der Waals surface area contributed by atoms with Crippen molar-refractivity contribution in [2.24, 2.45) is 5.92 Å². The first-order valence-electron chi connectivity index (χ1n) is 14.7. The molecule has 0 aliphatic carbocycles. The monoisotopic (exact) mass is 590 g/mol. The number of fused-ring (bicyclic) bond motifs is 1. The number of likely N-dealkylation sites (N-methyl/N-ethyl adjacent to an activating group) is 1. The van der Waals surface area contributed by atoms with Crippen LogP contribution in [0.15, 0.2) is 54.6 Å². The summed E-state index contributed by atoms with van der Waals surface area (Å²) in [5.41, 5.74) is 3.45. The van der Waals surface area contributed by atoms with Gasteiger partial charge < -0.3 is 30.3 Å². The van der Waals surface area contributed by atoms with Crippen molar-refractivity contribution in [3.05, 3.63) is 82.9 Å². The van der Waals surface area contributed by atoms with Crippen LogP contribution in [0.3, 0.4) is 0 Å². The van der Waals surface area contributed by atoms with Gasteiger partial charge in [0, 0.05) is 68.8 Å². The molecule has 2 aliphatic rings. The number of carbonyl (C=O) groups excluding carboxylic acids is 1. The molecular formula is C32H36F2N6O3. The standard InChI is InChI=1S/C32H36F2N6O3/c1-39-8-10-40(11-9-39)25-3-4-26(29(18-25)35-19-20-6-12-43-13-7-20)32(42)36-31-27-16-21(2-5-28(27)37-38-31)30(41)22-14-23(33)17-24(34)15-22/h2-5,14-18,20,30,35,41H,6-13,19H2,1H3,(H2,36,37,38,42). The highest BCUT2D eigenvalue weighted by Gasteiger charge is 2.22. The summed E-state index contributed by atoms with van der Waals surface area (Å²) in [6.07, 6.45) is 0.682. The SMILES string of the molecule is CN1CCN(c2ccc(C(=O)Nc3n[nH]c4ccc(C(O)c5cc(F)cc(F)c5)cc34)c(NCC3CCOCC3)c2)CC1. The van der Waals surface area contributed by atoms with Gasteiger partial charge in [0.05, 0.1) is 11.1 Å². The van der Waals surface area contributed by atoms with Crippen molar-refractivity contribution in [2.75, 3.05) is 68.5 Å². The smallest absolute Gasteiger partial charge is 0.258 e. The van der Waals surface area contributed by atoms with E-state index in [0.717, 1.165) is 88.4 Å². The van der Waals surface area contributed by atoms with Crippen LogP contribution in [0.5, 0.6) is 0 Å². The van der Waals surface area contributed by atoms with E-state index in [1.54, 1.807) is 18.2 Å². The van der Waals surface area contributed by atoms with E-state index in [0.29, 0.717) is 27.9 Å². The summed E-state index contributed by atoms with van der Waals surface area (Å²) in [7, 11) is 2.12. The van der Waals surface area contributed by atoms with E-state index in [4.69, 9.17) is 4.74 Å². The molecule has 2 fully saturated rings. The van der Waals surface area contributed by atoms with Crippen LogP contribution >= 0.6 is 0 Å². The number of nitrogens with zero attached hydrogens (tertiary/aromatic N) is 3. The minimum atomic E-state index is -1.27. The topological polar surface area (TPSA) is 106 Å². The molecule has 1 atom stereocenters. The number of carbonyl (C=O) groups is 1. The lowest BCUT2D eigenvalue weighted by Crippen LogP contribution is -2.44. The van der Waals surface area contributed by atoms with E-state index in [1.165, 1.54) is 0 Å². The van der Waals surface area contributed by atoms with Crippen molar-refractivity contribution in [1.29, 1.82) is 0 Å². The molecule has 0 saturated carbocycles. The van der Waals surface area contributed by atoms with Gasteiger partial charge in [0.25, 0.3) is 5.91 Å². The number of amides is 1. The van der Waals surface area contributed by atoms with Crippen molar-refractivity contribution in [1.82, 2.24) is 15.1 Å². The molecule has 226 valence electrons. The van der Waals surface area contributed by atoms with Crippen LogP contribution in [0.4, 0.5) is 26.0 Å². The van der Waals surface area contributed by atoms with Gasteiger partial charge in [-0.25, -0.2) is 8.78 Å². The number of hydrogen-bond acceptors (Lipinski definition) is 7. The predicted octanol–water partition coefficient (Wildman–Crippen LogP) is 4.77. The average molecular weight is 591 g/mol. The number of anilines is 3. The molecule has 11 heteroatoms. The maximum atomic E-state index is 13.8. The average Bonchev–Trinajstić information content (AvgIpc) is 3.41. The van der Waals surface area contributed by atoms with Crippen LogP contribution < -0.4 is 15.5 Å². The van der Waals surface area contributed by atoms with Gasteiger partial charge in [0.1, 0.15) is 17.7 Å². The summed E-state index contributed by atoms with van der Waals surface area (Å²) < 4.78 is 33.1. The lowest BCUT2D eigenvalue weighted by molar-refractivity contribution is 0.0699. The highest BCUT2D eigenvalue weighted by molar-refractivity contribution is 6.11. The van der Waals surface area contributed by atoms with Crippen LogP contribution in [0, 0.1) is 17.6 Å². The number of rotatable bonds is 8. The Morgan fingerprint density at radius 3 is 2.51 bits per heavy atom. The quantitative estimate of drug-likeness (QED) is 0.234. The first-order chi connectivity index (χ1) is 20.8. The molecule has 1 unspecified atom stereocenters. The van der Waals surface area contributed by atoms with Gasteiger partial charge in [0.2, 0.25) is 0 Å². The van der Waals surface area contributed by atoms with E-state index in [1.807, 2.05) is 12.1 Å². The van der Waals surface area contributed by atoms with E-state index in [9.17, 15) is 18.7 Å². The molecular weight excluding hydrogens is 554 g/mol. The molecule has 2 aliphatic heterocycles. The molecule has 1 amide bonds. The molecule has 3 heterocycles. The highest BCUT2D eigenvalue weighted by Crippen LogP contribution is 2.31. The van der Waals surface area contributed by atoms with Crippen molar-refractivity contribution < 1.29 is 23.4 Å². The summed E-state index contributed by atoms with van der Waals surface area (Å²) in [6.45, 7) is 6.02. The zero-order valence-electron chi connectivity index (χ0n) is 24.1. The van der Waals surface area contributed by atoms with Gasteiger partial charge in [-0.05, 0) is 79.4 Å². The van der Waals surface area contributed by atoms with Crippen molar-refractivity contribution in [2.45, 2.75) is 18.9 Å². The molecule has 4 aromatic rings. The first kappa shape index (κ1) is 29.0. The van der Waals surface area contributed by atoms with Crippen molar-refractivity contribution >= 4 is 34.0 Å². The summed E-state index contributed by atoms with van der Waals surface area (Å²) in [5.74, 6) is -1.12. The number of piperazine rings is 1. The third-order valence-corrected chi connectivity index (χ3v) is 8.37. The Morgan fingerprint density at radius 2 is 1.77 bits per heavy atom. The molecule has 0 radical (unpaired) electrons. The number of hydrogen-bond donors (Lipinski definition) is 4. The molecule has 0 bridgehead atoms. The first-order valence-corrected chi connectivity index (χ1v) is 14.7. The molecule has 4 N–H and O–H groups in total. The Bertz CT molecular complexity index is 1580. The second-order valence-corrected chi connectivity index (χ2v) is 11.4. The molecule has 9 nitrogen and oxygen atoms in total. The minimum Gasteiger partial charge on any atom is -0.384 e. The van der Waals surface area contributed by atoms with E-state index < -0.39 is 17.7 Å². The Kier molecular flexibility index (Phi) is 8.55. The van der Waals surface area contributed by atoms with Gasteiger partial charge in [-0.1, -0.05) is 6.07 Å². The van der Waals surface area contributed by atoms with Gasteiger partial charge in [-0.2, -0.15) is 5.10 Å². The Hall–Kier alpha value is -4.06. The number of ether oxygens (including phenoxy) is 1. The third kappa shape index (κ3) is 6.64. The summed E-state index contributed by atoms with van der Waals surface area (Å²) in [5, 5.41) is 25.1. The van der Waals surface area contributed by atoms with Crippen LogP contribution in [-0.2, 0) is 4.74 Å². The Labute approximate surface area is 248 Å². The van der Waals surface area contributed by atoms with Crippen molar-refractivity contribution in [3.8, 4) is 0 Å². The number of nitrogens with one attached hydrogen (secondary N) is 3. The highest BCUT2D eigenvalue weighted by atomic mass is 19.1. The Balaban J connectivity index is 1.25. The maximum absolute atomic E-state index is 13.8. The van der Waals surface area contributed by atoms with E-state index in [2.05, 4.69) is 43.7 Å². The molecule has 3 aromatic carbocycles. The van der Waals surface area contributed by atoms with Gasteiger partial charge in [-0.3, -0.25) is 9.89 Å². The second-order valence-electron chi connectivity index (χ2n) is 11.4. The fourth-order valence-electron chi connectivity index (χ4n) is 5.74. The van der Waals surface area contributed by atoms with Crippen LogP contribution in [0.25, 0.3) is 10.9 Å². The van der Waals surface area contributed by atoms with Crippen LogP contribution in [0.1, 0.15) is 40.4 Å². The van der Waals surface area contributed by atoms with Crippen LogP contribution in [-0.4, -0.2) is 79.1 Å². The summed E-state index contributed by atoms with van der Waals surface area (Å²) >= 11 is 0. The lowest BCUT2D eigenvalue weighted by atomic mass is 9.99. The second kappa shape index (κ2) is 12.7.